The number of benzene rings is 8. The van der Waals surface area contributed by atoms with E-state index in [1.165, 1.54) is 43.1 Å². The Kier molecular flexibility index (Phi) is 8.00. The highest BCUT2D eigenvalue weighted by atomic mass is 32.1. The van der Waals surface area contributed by atoms with Gasteiger partial charge < -0.3 is 4.42 Å². The average molecular weight is 784 g/mol. The highest BCUT2D eigenvalue weighted by Crippen LogP contribution is 2.46. The van der Waals surface area contributed by atoms with Crippen LogP contribution in [0.5, 0.6) is 0 Å². The zero-order valence-electron chi connectivity index (χ0n) is 32.2. The Labute approximate surface area is 349 Å². The van der Waals surface area contributed by atoms with Crippen molar-refractivity contribution in [3.8, 4) is 67.4 Å². The van der Waals surface area contributed by atoms with E-state index in [9.17, 15) is 0 Å². The molecule has 280 valence electrons. The number of aromatic nitrogens is 3. The van der Waals surface area contributed by atoms with Crippen LogP contribution in [0.2, 0.25) is 0 Å². The lowest BCUT2D eigenvalue weighted by atomic mass is 9.93. The molecule has 12 rings (SSSR count). The summed E-state index contributed by atoms with van der Waals surface area (Å²) in [4.78, 5) is 16.0. The highest BCUT2D eigenvalue weighted by molar-refractivity contribution is 7.26. The van der Waals surface area contributed by atoms with Crippen LogP contribution in [-0.4, -0.2) is 15.0 Å². The molecule has 0 N–H and O–H groups in total. The Hall–Kier alpha value is -7.73. The minimum absolute atomic E-state index is 0.652. The van der Waals surface area contributed by atoms with Gasteiger partial charge in [0.25, 0.3) is 0 Å². The second-order valence-electron chi connectivity index (χ2n) is 15.1. The maximum atomic E-state index is 6.17. The van der Waals surface area contributed by atoms with E-state index in [1.807, 2.05) is 42.5 Å². The summed E-state index contributed by atoms with van der Waals surface area (Å²) in [6.45, 7) is 0. The van der Waals surface area contributed by atoms with E-state index in [2.05, 4.69) is 158 Å². The topological polar surface area (TPSA) is 51.8 Å². The number of fused-ring (bicyclic) bond motifs is 8. The lowest BCUT2D eigenvalue weighted by Crippen LogP contribution is -1.96. The summed E-state index contributed by atoms with van der Waals surface area (Å²) in [6.07, 6.45) is 0. The van der Waals surface area contributed by atoms with Crippen molar-refractivity contribution in [2.75, 3.05) is 0 Å². The largest absolute Gasteiger partial charge is 0.456 e. The van der Waals surface area contributed by atoms with Crippen molar-refractivity contribution in [3.05, 3.63) is 200 Å². The Morgan fingerprint density at radius 2 is 1.00 bits per heavy atom. The number of thiophene rings is 1. The van der Waals surface area contributed by atoms with E-state index >= 15 is 0 Å². The van der Waals surface area contributed by atoms with Gasteiger partial charge in [0.05, 0.1) is 27.3 Å². The lowest BCUT2D eigenvalue weighted by Gasteiger charge is -2.13. The zero-order chi connectivity index (χ0) is 39.6. The van der Waals surface area contributed by atoms with Gasteiger partial charge in [-0.15, -0.1) is 11.3 Å². The first kappa shape index (κ1) is 34.3. The predicted octanol–water partition coefficient (Wildman–Crippen LogP) is 15.3. The standard InChI is InChI=1S/C55H33N3OS/c1-3-14-34(15-4-1)36-18-11-19-37(30-36)41-24-13-25-45-51(41)52-43-23-8-10-27-50(43)60-54(52)53(56-45)39-20-12-21-40(31-39)55-57-46(35-16-5-2-6-17-35)33-47(58-55)38-28-29-49-44(32-38)42-22-7-9-26-48(42)59-49/h1-33H. The summed E-state index contributed by atoms with van der Waals surface area (Å²) in [6, 6.07) is 70.2. The molecule has 4 heterocycles. The van der Waals surface area contributed by atoms with E-state index in [4.69, 9.17) is 19.4 Å². The molecule has 8 aromatic carbocycles. The molecule has 0 aliphatic rings. The SMILES string of the molecule is c1ccc(-c2cccc(-c3cccc4nc(-c5cccc(-c6nc(-c7ccccc7)cc(-c7ccc8oc9ccccc9c8c7)n6)c5)c5sc6ccccc6c5c34)c2)cc1. The summed E-state index contributed by atoms with van der Waals surface area (Å²) >= 11 is 1.80. The van der Waals surface area contributed by atoms with Crippen LogP contribution >= 0.6 is 11.3 Å². The molecule has 4 nitrogen and oxygen atoms in total. The maximum absolute atomic E-state index is 6.17. The number of hydrogen-bond acceptors (Lipinski definition) is 5. The van der Waals surface area contributed by atoms with Crippen LogP contribution in [-0.2, 0) is 0 Å². The van der Waals surface area contributed by atoms with Crippen molar-refractivity contribution in [3.63, 3.8) is 0 Å². The van der Waals surface area contributed by atoms with E-state index in [1.54, 1.807) is 11.3 Å². The van der Waals surface area contributed by atoms with Crippen LogP contribution < -0.4 is 0 Å². The molecular formula is C55H33N3OS. The second-order valence-corrected chi connectivity index (χ2v) is 16.2. The summed E-state index contributed by atoms with van der Waals surface area (Å²) in [5.74, 6) is 0.652. The van der Waals surface area contributed by atoms with Crippen molar-refractivity contribution in [2.24, 2.45) is 0 Å². The quantitative estimate of drug-likeness (QED) is 0.169. The van der Waals surface area contributed by atoms with Crippen molar-refractivity contribution >= 4 is 64.4 Å². The minimum atomic E-state index is 0.652. The molecule has 0 fully saturated rings. The van der Waals surface area contributed by atoms with Crippen LogP contribution in [0.3, 0.4) is 0 Å². The molecule has 0 spiro atoms. The van der Waals surface area contributed by atoms with Crippen molar-refractivity contribution < 1.29 is 4.42 Å². The van der Waals surface area contributed by atoms with Gasteiger partial charge in [-0.2, -0.15) is 0 Å². The van der Waals surface area contributed by atoms with Crippen LogP contribution in [0.1, 0.15) is 0 Å². The molecule has 12 aromatic rings. The summed E-state index contributed by atoms with van der Waals surface area (Å²) < 4.78 is 8.57. The second kappa shape index (κ2) is 14.0. The minimum Gasteiger partial charge on any atom is -0.456 e. The molecular weight excluding hydrogens is 751 g/mol. The van der Waals surface area contributed by atoms with Gasteiger partial charge in [0.15, 0.2) is 5.82 Å². The third-order valence-electron chi connectivity index (χ3n) is 11.5. The number of furan rings is 1. The third kappa shape index (κ3) is 5.78. The van der Waals surface area contributed by atoms with Gasteiger partial charge in [0.1, 0.15) is 11.2 Å². The normalized spacial score (nSPS) is 11.7. The van der Waals surface area contributed by atoms with Crippen molar-refractivity contribution in [1.29, 1.82) is 0 Å². The van der Waals surface area contributed by atoms with Crippen LogP contribution in [0.15, 0.2) is 205 Å². The number of pyridine rings is 1. The van der Waals surface area contributed by atoms with E-state index in [0.29, 0.717) is 5.82 Å². The molecule has 0 saturated heterocycles. The predicted molar refractivity (Wildman–Crippen MR) is 250 cm³/mol. The molecule has 0 unspecified atom stereocenters. The van der Waals surface area contributed by atoms with Gasteiger partial charge in [-0.3, -0.25) is 0 Å². The molecule has 0 radical (unpaired) electrons. The molecule has 0 aliphatic heterocycles. The fraction of sp³-hybridized carbons (Fsp3) is 0. The maximum Gasteiger partial charge on any atom is 0.160 e. The first-order valence-corrected chi connectivity index (χ1v) is 20.9. The summed E-state index contributed by atoms with van der Waals surface area (Å²) in [7, 11) is 0. The van der Waals surface area contributed by atoms with Gasteiger partial charge in [0, 0.05) is 53.9 Å². The first-order chi connectivity index (χ1) is 29.7. The van der Waals surface area contributed by atoms with E-state index in [-0.39, 0.29) is 0 Å². The Morgan fingerprint density at radius 3 is 1.85 bits per heavy atom. The molecule has 0 amide bonds. The molecule has 0 saturated carbocycles. The molecule has 0 aliphatic carbocycles. The van der Waals surface area contributed by atoms with Crippen molar-refractivity contribution in [1.82, 2.24) is 15.0 Å². The third-order valence-corrected chi connectivity index (χ3v) is 12.7. The molecule has 5 heteroatoms. The van der Waals surface area contributed by atoms with Gasteiger partial charge in [0.2, 0.25) is 0 Å². The fourth-order valence-electron chi connectivity index (χ4n) is 8.63. The number of nitrogens with zero attached hydrogens (tertiary/aromatic N) is 3. The van der Waals surface area contributed by atoms with Gasteiger partial charge in [-0.1, -0.05) is 146 Å². The Bertz CT molecular complexity index is 3610. The Morgan fingerprint density at radius 1 is 0.367 bits per heavy atom. The van der Waals surface area contributed by atoms with Gasteiger partial charge in [-0.05, 0) is 76.9 Å². The van der Waals surface area contributed by atoms with E-state index in [0.717, 1.165) is 71.5 Å². The average Bonchev–Trinajstić information content (AvgIpc) is 3.90. The summed E-state index contributed by atoms with van der Waals surface area (Å²) in [5, 5.41) is 5.78. The Balaban J connectivity index is 1.04. The van der Waals surface area contributed by atoms with E-state index < -0.39 is 0 Å². The number of rotatable bonds is 6. The zero-order valence-corrected chi connectivity index (χ0v) is 33.0. The van der Waals surface area contributed by atoms with Crippen LogP contribution in [0.4, 0.5) is 0 Å². The molecule has 0 bridgehead atoms. The lowest BCUT2D eigenvalue weighted by molar-refractivity contribution is 0.669. The molecule has 60 heavy (non-hydrogen) atoms. The molecule has 0 atom stereocenters. The molecule has 4 aromatic heterocycles. The van der Waals surface area contributed by atoms with Gasteiger partial charge in [-0.25, -0.2) is 15.0 Å². The van der Waals surface area contributed by atoms with Crippen LogP contribution in [0, 0.1) is 0 Å². The smallest absolute Gasteiger partial charge is 0.160 e. The number of hydrogen-bond donors (Lipinski definition) is 0. The fourth-order valence-corrected chi connectivity index (χ4v) is 9.85. The van der Waals surface area contributed by atoms with Gasteiger partial charge >= 0.3 is 0 Å². The van der Waals surface area contributed by atoms with Crippen molar-refractivity contribution in [2.45, 2.75) is 0 Å². The monoisotopic (exact) mass is 783 g/mol. The number of para-hydroxylation sites is 1. The first-order valence-electron chi connectivity index (χ1n) is 20.1. The summed E-state index contributed by atoms with van der Waals surface area (Å²) in [5.41, 5.74) is 14.0. The van der Waals surface area contributed by atoms with Crippen LogP contribution in [0.25, 0.3) is 120 Å². The highest BCUT2D eigenvalue weighted by Gasteiger charge is 2.20.